The molecular formula is C21H20N2O4. The highest BCUT2D eigenvalue weighted by atomic mass is 16.5. The van der Waals surface area contributed by atoms with Gasteiger partial charge in [0.25, 0.3) is 5.91 Å². The summed E-state index contributed by atoms with van der Waals surface area (Å²) in [6, 6.07) is 18.3. The first-order chi connectivity index (χ1) is 13.1. The number of rotatable bonds is 7. The van der Waals surface area contributed by atoms with Gasteiger partial charge in [-0.15, -0.1) is 0 Å². The first-order valence-corrected chi connectivity index (χ1v) is 8.42. The first-order valence-electron chi connectivity index (χ1n) is 8.42. The first kappa shape index (κ1) is 18.3. The summed E-state index contributed by atoms with van der Waals surface area (Å²) in [6.45, 7) is 0.166. The summed E-state index contributed by atoms with van der Waals surface area (Å²) in [5.74, 6) is -0.0151. The normalized spacial score (nSPS) is 11.6. The molecule has 1 heterocycles. The van der Waals surface area contributed by atoms with Gasteiger partial charge in [-0.1, -0.05) is 30.3 Å². The molecule has 0 radical (unpaired) electrons. The smallest absolute Gasteiger partial charge is 0.255 e. The van der Waals surface area contributed by atoms with Crippen molar-refractivity contribution < 1.29 is 18.7 Å². The second kappa shape index (κ2) is 8.23. The Balaban J connectivity index is 2.02. The van der Waals surface area contributed by atoms with Crippen LogP contribution < -0.4 is 10.5 Å². The van der Waals surface area contributed by atoms with Gasteiger partial charge in [0.15, 0.2) is 6.04 Å². The van der Waals surface area contributed by atoms with E-state index in [1.165, 1.54) is 11.2 Å². The van der Waals surface area contributed by atoms with Crippen LogP contribution in [0.2, 0.25) is 0 Å². The monoisotopic (exact) mass is 364 g/mol. The van der Waals surface area contributed by atoms with E-state index < -0.39 is 11.9 Å². The average Bonchev–Trinajstić information content (AvgIpc) is 3.21. The van der Waals surface area contributed by atoms with E-state index in [0.29, 0.717) is 17.1 Å². The lowest BCUT2D eigenvalue weighted by Crippen LogP contribution is -2.41. The number of ether oxygens (including phenoxy) is 1. The quantitative estimate of drug-likeness (QED) is 0.698. The van der Waals surface area contributed by atoms with Crippen molar-refractivity contribution in [2.75, 3.05) is 7.11 Å². The highest BCUT2D eigenvalue weighted by Crippen LogP contribution is 2.26. The lowest BCUT2D eigenvalue weighted by atomic mass is 10.1. The second-order valence-electron chi connectivity index (χ2n) is 5.97. The molecule has 3 rings (SSSR count). The van der Waals surface area contributed by atoms with E-state index in [1.54, 1.807) is 43.5 Å². The Morgan fingerprint density at radius 3 is 2.48 bits per heavy atom. The molecule has 0 fully saturated rings. The zero-order chi connectivity index (χ0) is 19.2. The summed E-state index contributed by atoms with van der Waals surface area (Å²) in [5, 5.41) is 0. The molecule has 0 aliphatic heterocycles. The molecule has 6 nitrogen and oxygen atoms in total. The number of nitrogens with zero attached hydrogens (tertiary/aromatic N) is 1. The third-order valence-corrected chi connectivity index (χ3v) is 4.16. The third-order valence-electron chi connectivity index (χ3n) is 4.16. The number of hydrogen-bond donors (Lipinski definition) is 1. The van der Waals surface area contributed by atoms with E-state index in [2.05, 4.69) is 0 Å². The van der Waals surface area contributed by atoms with Crippen LogP contribution in [0.15, 0.2) is 77.4 Å². The largest absolute Gasteiger partial charge is 0.497 e. The maximum atomic E-state index is 13.2. The topological polar surface area (TPSA) is 85.8 Å². The van der Waals surface area contributed by atoms with E-state index in [9.17, 15) is 9.59 Å². The minimum Gasteiger partial charge on any atom is -0.497 e. The van der Waals surface area contributed by atoms with Crippen molar-refractivity contribution in [3.63, 3.8) is 0 Å². The van der Waals surface area contributed by atoms with Crippen LogP contribution in [0, 0.1) is 0 Å². The van der Waals surface area contributed by atoms with Crippen LogP contribution >= 0.6 is 0 Å². The summed E-state index contributed by atoms with van der Waals surface area (Å²) < 4.78 is 10.6. The van der Waals surface area contributed by atoms with Crippen LogP contribution in [0.5, 0.6) is 5.75 Å². The molecule has 0 spiro atoms. The number of hydrogen-bond acceptors (Lipinski definition) is 4. The van der Waals surface area contributed by atoms with Crippen molar-refractivity contribution in [3.05, 3.63) is 89.9 Å². The second-order valence-corrected chi connectivity index (χ2v) is 5.97. The zero-order valence-corrected chi connectivity index (χ0v) is 14.9. The minimum atomic E-state index is -1.03. The van der Waals surface area contributed by atoms with Crippen LogP contribution in [0.3, 0.4) is 0 Å². The molecule has 0 saturated heterocycles. The lowest BCUT2D eigenvalue weighted by Gasteiger charge is -2.29. The summed E-state index contributed by atoms with van der Waals surface area (Å²) >= 11 is 0. The van der Waals surface area contributed by atoms with Gasteiger partial charge in [0.2, 0.25) is 5.91 Å². The number of nitrogens with two attached hydrogens (primary N) is 1. The van der Waals surface area contributed by atoms with Gasteiger partial charge in [-0.2, -0.15) is 0 Å². The Morgan fingerprint density at radius 1 is 1.07 bits per heavy atom. The Hall–Kier alpha value is -3.54. The molecule has 2 N–H and O–H groups in total. The number of methoxy groups -OCH3 is 1. The van der Waals surface area contributed by atoms with Crippen molar-refractivity contribution in [2.24, 2.45) is 5.73 Å². The van der Waals surface area contributed by atoms with Crippen molar-refractivity contribution in [3.8, 4) is 5.75 Å². The molecule has 2 aromatic carbocycles. The fraction of sp³-hybridized carbons (Fsp3) is 0.143. The average molecular weight is 364 g/mol. The fourth-order valence-electron chi connectivity index (χ4n) is 2.89. The van der Waals surface area contributed by atoms with Crippen molar-refractivity contribution in [1.29, 1.82) is 0 Å². The van der Waals surface area contributed by atoms with Crippen LogP contribution in [-0.2, 0) is 11.3 Å². The minimum absolute atomic E-state index is 0.166. The Morgan fingerprint density at radius 2 is 1.85 bits per heavy atom. The van der Waals surface area contributed by atoms with E-state index in [1.807, 2.05) is 30.3 Å². The maximum absolute atomic E-state index is 13.2. The van der Waals surface area contributed by atoms with Gasteiger partial charge in [-0.05, 0) is 42.0 Å². The van der Waals surface area contributed by atoms with Gasteiger partial charge < -0.3 is 19.8 Å². The SMILES string of the molecule is COc1cccc(CN(C(=O)c2ccccc2)C(C(N)=O)c2ccco2)c1. The number of furan rings is 1. The highest BCUT2D eigenvalue weighted by molar-refractivity contribution is 5.97. The summed E-state index contributed by atoms with van der Waals surface area (Å²) in [4.78, 5) is 26.8. The van der Waals surface area contributed by atoms with Gasteiger partial charge >= 0.3 is 0 Å². The molecule has 3 aromatic rings. The molecule has 1 aromatic heterocycles. The zero-order valence-electron chi connectivity index (χ0n) is 14.9. The van der Waals surface area contributed by atoms with E-state index >= 15 is 0 Å². The van der Waals surface area contributed by atoms with E-state index in [-0.39, 0.29) is 12.5 Å². The molecule has 138 valence electrons. The summed E-state index contributed by atoms with van der Waals surface area (Å²) in [7, 11) is 1.57. The molecular weight excluding hydrogens is 344 g/mol. The van der Waals surface area contributed by atoms with Crippen LogP contribution in [0.4, 0.5) is 0 Å². The molecule has 1 atom stereocenters. The molecule has 0 aliphatic rings. The predicted octanol–water partition coefficient (Wildman–Crippen LogP) is 3.16. The van der Waals surface area contributed by atoms with Crippen molar-refractivity contribution in [1.82, 2.24) is 4.90 Å². The Kier molecular flexibility index (Phi) is 5.56. The van der Waals surface area contributed by atoms with Crippen LogP contribution in [0.25, 0.3) is 0 Å². The Bertz CT molecular complexity index is 907. The fourth-order valence-corrected chi connectivity index (χ4v) is 2.89. The number of carbonyl (C=O) groups is 2. The van der Waals surface area contributed by atoms with Gasteiger partial charge in [0.05, 0.1) is 13.4 Å². The highest BCUT2D eigenvalue weighted by Gasteiger charge is 2.32. The van der Waals surface area contributed by atoms with Gasteiger partial charge in [0.1, 0.15) is 11.5 Å². The standard InChI is InChI=1S/C21H20N2O4/c1-26-17-10-5-7-15(13-17)14-23(21(25)16-8-3-2-4-9-16)19(20(22)24)18-11-6-12-27-18/h2-13,19H,14H2,1H3,(H2,22,24). The number of amides is 2. The summed E-state index contributed by atoms with van der Waals surface area (Å²) in [6.07, 6.45) is 1.45. The van der Waals surface area contributed by atoms with Crippen LogP contribution in [0.1, 0.15) is 27.7 Å². The third kappa shape index (κ3) is 4.17. The van der Waals surface area contributed by atoms with Crippen molar-refractivity contribution in [2.45, 2.75) is 12.6 Å². The molecule has 1 unspecified atom stereocenters. The lowest BCUT2D eigenvalue weighted by molar-refractivity contribution is -0.123. The molecule has 0 aliphatic carbocycles. The molecule has 6 heteroatoms. The predicted molar refractivity (Wildman–Crippen MR) is 100.0 cm³/mol. The van der Waals surface area contributed by atoms with Gasteiger partial charge in [-0.3, -0.25) is 9.59 Å². The van der Waals surface area contributed by atoms with Crippen LogP contribution in [-0.4, -0.2) is 23.8 Å². The molecule has 0 saturated carbocycles. The van der Waals surface area contributed by atoms with Gasteiger partial charge in [0, 0.05) is 12.1 Å². The van der Waals surface area contributed by atoms with E-state index in [0.717, 1.165) is 5.56 Å². The number of carbonyl (C=O) groups excluding carboxylic acids is 2. The van der Waals surface area contributed by atoms with Gasteiger partial charge in [-0.25, -0.2) is 0 Å². The molecule has 27 heavy (non-hydrogen) atoms. The molecule has 2 amide bonds. The maximum Gasteiger partial charge on any atom is 0.255 e. The number of primary amides is 1. The molecule has 0 bridgehead atoms. The summed E-state index contributed by atoms with van der Waals surface area (Å²) in [5.41, 5.74) is 6.90. The Labute approximate surface area is 157 Å². The van der Waals surface area contributed by atoms with Crippen molar-refractivity contribution >= 4 is 11.8 Å². The number of benzene rings is 2. The van der Waals surface area contributed by atoms with E-state index in [4.69, 9.17) is 14.9 Å².